The zero-order chi connectivity index (χ0) is 10.8. The zero-order valence-corrected chi connectivity index (χ0v) is 9.54. The standard InChI is InChI=1S/C9H8BrN3O2/c1-15-8(14)2-7-12-6-4-11-3-5(10)9(6)13-7/h3-4H,2H2,1H3,(H,12,13). The molecule has 1 N–H and O–H groups in total. The molecule has 2 rings (SSSR count). The maximum atomic E-state index is 11.0. The van der Waals surface area contributed by atoms with Crippen molar-refractivity contribution in [2.75, 3.05) is 7.11 Å². The molecular weight excluding hydrogens is 262 g/mol. The highest BCUT2D eigenvalue weighted by Crippen LogP contribution is 2.20. The van der Waals surface area contributed by atoms with E-state index < -0.39 is 0 Å². The molecule has 0 aromatic carbocycles. The lowest BCUT2D eigenvalue weighted by molar-refractivity contribution is -0.139. The lowest BCUT2D eigenvalue weighted by Gasteiger charge is -1.93. The van der Waals surface area contributed by atoms with E-state index in [4.69, 9.17) is 0 Å². The number of halogens is 1. The Bertz CT molecular complexity index is 509. The summed E-state index contributed by atoms with van der Waals surface area (Å²) in [5.41, 5.74) is 1.56. The molecule has 2 heterocycles. The normalized spacial score (nSPS) is 10.5. The number of carbonyl (C=O) groups excluding carboxylic acids is 1. The molecule has 0 bridgehead atoms. The Morgan fingerprint density at radius 3 is 3.07 bits per heavy atom. The summed E-state index contributed by atoms with van der Waals surface area (Å²) in [6.07, 6.45) is 3.45. The van der Waals surface area contributed by atoms with Gasteiger partial charge in [0.15, 0.2) is 0 Å². The Balaban J connectivity index is 2.39. The SMILES string of the molecule is COC(=O)Cc1nc2c(Br)cncc2[nH]1. The summed E-state index contributed by atoms with van der Waals surface area (Å²) in [7, 11) is 1.35. The summed E-state index contributed by atoms with van der Waals surface area (Å²) in [6, 6.07) is 0. The Morgan fingerprint density at radius 2 is 2.40 bits per heavy atom. The van der Waals surface area contributed by atoms with E-state index in [0.29, 0.717) is 5.82 Å². The predicted molar refractivity (Wildman–Crippen MR) is 57.3 cm³/mol. The van der Waals surface area contributed by atoms with Crippen LogP contribution in [0.2, 0.25) is 0 Å². The van der Waals surface area contributed by atoms with Gasteiger partial charge in [0.2, 0.25) is 0 Å². The Hall–Kier alpha value is -1.43. The van der Waals surface area contributed by atoms with E-state index in [9.17, 15) is 4.79 Å². The molecular formula is C9H8BrN3O2. The number of fused-ring (bicyclic) bond motifs is 1. The number of esters is 1. The van der Waals surface area contributed by atoms with Crippen LogP contribution in [0.1, 0.15) is 5.82 Å². The van der Waals surface area contributed by atoms with Gasteiger partial charge < -0.3 is 9.72 Å². The highest BCUT2D eigenvalue weighted by Gasteiger charge is 2.09. The van der Waals surface area contributed by atoms with Crippen molar-refractivity contribution in [1.29, 1.82) is 0 Å². The molecule has 0 fully saturated rings. The maximum absolute atomic E-state index is 11.0. The number of nitrogens with one attached hydrogen (secondary N) is 1. The number of H-pyrrole nitrogens is 1. The molecule has 0 aliphatic rings. The minimum absolute atomic E-state index is 0.137. The van der Waals surface area contributed by atoms with Gasteiger partial charge >= 0.3 is 5.97 Å². The molecule has 6 heteroatoms. The number of carbonyl (C=O) groups is 1. The molecule has 0 saturated carbocycles. The average molecular weight is 270 g/mol. The fourth-order valence-corrected chi connectivity index (χ4v) is 1.66. The third-order valence-corrected chi connectivity index (χ3v) is 2.52. The largest absolute Gasteiger partial charge is 0.469 e. The smallest absolute Gasteiger partial charge is 0.313 e. The Morgan fingerprint density at radius 1 is 1.60 bits per heavy atom. The lowest BCUT2D eigenvalue weighted by atomic mass is 10.4. The molecule has 0 saturated heterocycles. The minimum Gasteiger partial charge on any atom is -0.469 e. The van der Waals surface area contributed by atoms with E-state index in [2.05, 4.69) is 35.6 Å². The highest BCUT2D eigenvalue weighted by atomic mass is 79.9. The second kappa shape index (κ2) is 3.98. The molecule has 0 spiro atoms. The summed E-state index contributed by atoms with van der Waals surface area (Å²) < 4.78 is 5.35. The van der Waals surface area contributed by atoms with Crippen LogP contribution in [0.25, 0.3) is 11.0 Å². The second-order valence-corrected chi connectivity index (χ2v) is 3.81. The van der Waals surface area contributed by atoms with Crippen molar-refractivity contribution >= 4 is 32.9 Å². The van der Waals surface area contributed by atoms with Crippen LogP contribution in [0.5, 0.6) is 0 Å². The zero-order valence-electron chi connectivity index (χ0n) is 7.95. The van der Waals surface area contributed by atoms with Crippen molar-refractivity contribution in [2.24, 2.45) is 0 Å². The molecule has 2 aromatic rings. The van der Waals surface area contributed by atoms with Crippen LogP contribution in [0.4, 0.5) is 0 Å². The van der Waals surface area contributed by atoms with Gasteiger partial charge in [0, 0.05) is 6.20 Å². The summed E-state index contributed by atoms with van der Waals surface area (Å²) in [5.74, 6) is 0.253. The first-order valence-electron chi connectivity index (χ1n) is 4.25. The topological polar surface area (TPSA) is 67.9 Å². The Labute approximate surface area is 94.0 Å². The van der Waals surface area contributed by atoms with Gasteiger partial charge in [-0.3, -0.25) is 9.78 Å². The van der Waals surface area contributed by atoms with Crippen LogP contribution >= 0.6 is 15.9 Å². The molecule has 5 nitrogen and oxygen atoms in total. The van der Waals surface area contributed by atoms with Gasteiger partial charge in [-0.2, -0.15) is 0 Å². The number of hydrogen-bond donors (Lipinski definition) is 1. The van der Waals surface area contributed by atoms with E-state index in [0.717, 1.165) is 15.5 Å². The molecule has 2 aromatic heterocycles. The predicted octanol–water partition coefficient (Wildman–Crippen LogP) is 1.44. The van der Waals surface area contributed by atoms with Gasteiger partial charge in [-0.15, -0.1) is 0 Å². The molecule has 0 aliphatic heterocycles. The molecule has 0 radical (unpaired) electrons. The van der Waals surface area contributed by atoms with Crippen LogP contribution < -0.4 is 0 Å². The number of ether oxygens (including phenoxy) is 1. The fourth-order valence-electron chi connectivity index (χ4n) is 1.24. The van der Waals surface area contributed by atoms with E-state index in [1.54, 1.807) is 12.4 Å². The van der Waals surface area contributed by atoms with Gasteiger partial charge in [-0.05, 0) is 15.9 Å². The summed E-state index contributed by atoms with van der Waals surface area (Å²) in [5, 5.41) is 0. The fraction of sp³-hybridized carbons (Fsp3) is 0.222. The first-order valence-corrected chi connectivity index (χ1v) is 5.05. The molecule has 0 aliphatic carbocycles. The number of methoxy groups -OCH3 is 1. The van der Waals surface area contributed by atoms with Gasteiger partial charge in [-0.25, -0.2) is 4.98 Å². The van der Waals surface area contributed by atoms with Gasteiger partial charge in [0.25, 0.3) is 0 Å². The molecule has 78 valence electrons. The number of nitrogens with zero attached hydrogens (tertiary/aromatic N) is 2. The van der Waals surface area contributed by atoms with Crippen molar-refractivity contribution in [2.45, 2.75) is 6.42 Å². The van der Waals surface area contributed by atoms with E-state index in [1.165, 1.54) is 7.11 Å². The van der Waals surface area contributed by atoms with Gasteiger partial charge in [0.05, 0.1) is 23.3 Å². The molecule has 0 unspecified atom stereocenters. The quantitative estimate of drug-likeness (QED) is 0.838. The van der Waals surface area contributed by atoms with Gasteiger partial charge in [0.1, 0.15) is 17.8 Å². The Kier molecular flexibility index (Phi) is 2.68. The first-order chi connectivity index (χ1) is 7.20. The maximum Gasteiger partial charge on any atom is 0.313 e. The third-order valence-electron chi connectivity index (χ3n) is 1.94. The number of hydrogen-bond acceptors (Lipinski definition) is 4. The number of imidazole rings is 1. The monoisotopic (exact) mass is 269 g/mol. The summed E-state index contributed by atoms with van der Waals surface area (Å²) >= 11 is 3.33. The first kappa shape index (κ1) is 10.1. The van der Waals surface area contributed by atoms with E-state index in [1.807, 2.05) is 0 Å². The van der Waals surface area contributed by atoms with Crippen molar-refractivity contribution in [1.82, 2.24) is 15.0 Å². The summed E-state index contributed by atoms with van der Waals surface area (Å²) in [4.78, 5) is 22.3. The van der Waals surface area contributed by atoms with E-state index in [-0.39, 0.29) is 12.4 Å². The van der Waals surface area contributed by atoms with Crippen LogP contribution in [-0.4, -0.2) is 28.0 Å². The number of aromatic nitrogens is 3. The van der Waals surface area contributed by atoms with E-state index >= 15 is 0 Å². The van der Waals surface area contributed by atoms with Crippen LogP contribution in [0.3, 0.4) is 0 Å². The second-order valence-electron chi connectivity index (χ2n) is 2.95. The van der Waals surface area contributed by atoms with Crippen molar-refractivity contribution in [3.8, 4) is 0 Å². The number of rotatable bonds is 2. The summed E-state index contributed by atoms with van der Waals surface area (Å²) in [6.45, 7) is 0. The van der Waals surface area contributed by atoms with Crippen molar-refractivity contribution in [3.63, 3.8) is 0 Å². The van der Waals surface area contributed by atoms with Crippen molar-refractivity contribution in [3.05, 3.63) is 22.7 Å². The van der Waals surface area contributed by atoms with Crippen LogP contribution in [-0.2, 0) is 16.0 Å². The van der Waals surface area contributed by atoms with Gasteiger partial charge in [-0.1, -0.05) is 0 Å². The minimum atomic E-state index is -0.321. The average Bonchev–Trinajstić information content (AvgIpc) is 2.62. The lowest BCUT2D eigenvalue weighted by Crippen LogP contribution is -2.05. The number of pyridine rings is 1. The third kappa shape index (κ3) is 1.99. The number of aromatic amines is 1. The van der Waals surface area contributed by atoms with Crippen LogP contribution in [0.15, 0.2) is 16.9 Å². The molecule has 15 heavy (non-hydrogen) atoms. The highest BCUT2D eigenvalue weighted by molar-refractivity contribution is 9.10. The van der Waals surface area contributed by atoms with Crippen molar-refractivity contribution < 1.29 is 9.53 Å². The van der Waals surface area contributed by atoms with Crippen LogP contribution in [0, 0.1) is 0 Å². The molecule has 0 amide bonds. The molecule has 0 atom stereocenters.